The summed E-state index contributed by atoms with van der Waals surface area (Å²) in [7, 11) is 0. The minimum Gasteiger partial charge on any atom is -0.390 e. The Morgan fingerprint density at radius 3 is 1.22 bits per heavy atom. The summed E-state index contributed by atoms with van der Waals surface area (Å²) in [4.78, 5) is 13.1. The molecule has 8 nitrogen and oxygen atoms in total. The van der Waals surface area contributed by atoms with Gasteiger partial charge in [-0.3, -0.25) is 4.79 Å². The van der Waals surface area contributed by atoms with Crippen LogP contribution in [0.1, 0.15) is 265 Å². The Labute approximate surface area is 365 Å². The third-order valence-corrected chi connectivity index (χ3v) is 13.3. The Balaban J connectivity index is 2.23. The van der Waals surface area contributed by atoms with E-state index in [2.05, 4.69) is 19.2 Å². The summed E-state index contributed by atoms with van der Waals surface area (Å²) in [6.07, 6.45) is 39.7. The van der Waals surface area contributed by atoms with E-state index in [1.54, 1.807) is 6.92 Å². The van der Waals surface area contributed by atoms with E-state index in [-0.39, 0.29) is 18.4 Å². The predicted octanol–water partition coefficient (Wildman–Crippen LogP) is 12.2. The molecule has 352 valence electrons. The molecule has 0 unspecified atom stereocenters. The highest BCUT2D eigenvalue weighted by Gasteiger charge is 2.42. The van der Waals surface area contributed by atoms with Crippen LogP contribution in [0.3, 0.4) is 0 Å². The highest BCUT2D eigenvalue weighted by molar-refractivity contribution is 5.76. The predicted molar refractivity (Wildman–Crippen MR) is 248 cm³/mol. The highest BCUT2D eigenvalue weighted by atomic mass is 16.5. The average molecular weight is 840 g/mol. The van der Waals surface area contributed by atoms with Gasteiger partial charge in [0.1, 0.15) is 18.3 Å². The van der Waals surface area contributed by atoms with Gasteiger partial charge in [0.15, 0.2) is 0 Å². The molecule has 0 bridgehead atoms. The SMILES string of the molecule is CCCCCCCCCCCCCCCCCCCCCCCCCC(=O)N[C@@H](CO[C@H]1C[C@H](C)[C@H](O)[C@H](O)[C@H]1O)[C@H](O)[C@H](O)CCCCCCCCCCCCCC. The zero-order valence-electron chi connectivity index (χ0n) is 39.2. The Hall–Kier alpha value is -0.770. The molecule has 0 radical (unpaired) electrons. The minimum atomic E-state index is -1.32. The lowest BCUT2D eigenvalue weighted by atomic mass is 9.82. The zero-order valence-corrected chi connectivity index (χ0v) is 39.2. The number of unbranched alkanes of at least 4 members (excludes halogenated alkanes) is 33. The van der Waals surface area contributed by atoms with Gasteiger partial charge in [-0.25, -0.2) is 0 Å². The molecule has 0 heterocycles. The van der Waals surface area contributed by atoms with Crippen molar-refractivity contribution in [1.82, 2.24) is 5.32 Å². The van der Waals surface area contributed by atoms with Gasteiger partial charge in [-0.15, -0.1) is 0 Å². The molecule has 0 aromatic heterocycles. The van der Waals surface area contributed by atoms with Crippen LogP contribution in [0.15, 0.2) is 0 Å². The topological polar surface area (TPSA) is 139 Å². The lowest BCUT2D eigenvalue weighted by Crippen LogP contribution is -2.56. The molecule has 0 aliphatic heterocycles. The number of hydrogen-bond donors (Lipinski definition) is 6. The smallest absolute Gasteiger partial charge is 0.220 e. The molecule has 1 saturated carbocycles. The molecule has 1 aliphatic carbocycles. The molecule has 6 N–H and O–H groups in total. The van der Waals surface area contributed by atoms with Gasteiger partial charge in [0.2, 0.25) is 5.91 Å². The van der Waals surface area contributed by atoms with Crippen LogP contribution in [-0.4, -0.2) is 80.7 Å². The Bertz CT molecular complexity index is 907. The van der Waals surface area contributed by atoms with Crippen LogP contribution in [0, 0.1) is 5.92 Å². The second kappa shape index (κ2) is 40.0. The van der Waals surface area contributed by atoms with Gasteiger partial charge in [-0.05, 0) is 25.2 Å². The summed E-state index contributed by atoms with van der Waals surface area (Å²) < 4.78 is 5.98. The maximum atomic E-state index is 13.1. The number of carbonyl (C=O) groups is 1. The molecule has 1 rings (SSSR count). The zero-order chi connectivity index (χ0) is 43.2. The molecule has 0 aromatic rings. The largest absolute Gasteiger partial charge is 0.390 e. The van der Waals surface area contributed by atoms with Crippen molar-refractivity contribution in [3.63, 3.8) is 0 Å². The second-order valence-electron chi connectivity index (χ2n) is 19.0. The van der Waals surface area contributed by atoms with Crippen molar-refractivity contribution in [3.8, 4) is 0 Å². The molecular weight excluding hydrogens is 739 g/mol. The fraction of sp³-hybridized carbons (Fsp3) is 0.980. The first-order chi connectivity index (χ1) is 28.7. The van der Waals surface area contributed by atoms with E-state index >= 15 is 0 Å². The molecular formula is C51H101NO7. The lowest BCUT2D eigenvalue weighted by Gasteiger charge is -2.39. The van der Waals surface area contributed by atoms with Crippen LogP contribution in [0.5, 0.6) is 0 Å². The molecule has 0 spiro atoms. The summed E-state index contributed by atoms with van der Waals surface area (Å²) in [5, 5.41) is 56.1. The maximum Gasteiger partial charge on any atom is 0.220 e. The number of carbonyl (C=O) groups excluding carboxylic acids is 1. The fourth-order valence-electron chi connectivity index (χ4n) is 9.01. The molecule has 8 heteroatoms. The van der Waals surface area contributed by atoms with Crippen molar-refractivity contribution in [3.05, 3.63) is 0 Å². The van der Waals surface area contributed by atoms with Crippen molar-refractivity contribution in [2.24, 2.45) is 5.92 Å². The van der Waals surface area contributed by atoms with Gasteiger partial charge < -0.3 is 35.6 Å². The molecule has 8 atom stereocenters. The number of nitrogens with one attached hydrogen (secondary N) is 1. The van der Waals surface area contributed by atoms with E-state index < -0.39 is 42.7 Å². The van der Waals surface area contributed by atoms with Gasteiger partial charge >= 0.3 is 0 Å². The van der Waals surface area contributed by atoms with Gasteiger partial charge in [0, 0.05) is 6.42 Å². The summed E-state index contributed by atoms with van der Waals surface area (Å²) in [6.45, 7) is 6.24. The van der Waals surface area contributed by atoms with E-state index in [0.29, 0.717) is 19.3 Å². The van der Waals surface area contributed by atoms with Crippen molar-refractivity contribution < 1.29 is 35.1 Å². The molecule has 1 fully saturated rings. The summed E-state index contributed by atoms with van der Waals surface area (Å²) in [6, 6.07) is -0.842. The van der Waals surface area contributed by atoms with Crippen molar-refractivity contribution in [1.29, 1.82) is 0 Å². The Kier molecular flexibility index (Phi) is 38.2. The number of ether oxygens (including phenoxy) is 1. The number of rotatable bonds is 43. The van der Waals surface area contributed by atoms with Crippen LogP contribution in [-0.2, 0) is 9.53 Å². The second-order valence-corrected chi connectivity index (χ2v) is 19.0. The van der Waals surface area contributed by atoms with E-state index in [0.717, 1.165) is 38.5 Å². The van der Waals surface area contributed by atoms with Gasteiger partial charge in [0.25, 0.3) is 0 Å². The standard InChI is InChI=1S/C51H101NO7/c1-4-6-8-10-12-14-16-18-19-20-21-22-23-24-25-26-27-28-30-32-34-36-38-40-47(54)52-44(42-59-46-41-43(3)48(55)51(58)50(46)57)49(56)45(53)39-37-35-33-31-29-17-15-13-11-9-7-5-2/h43-46,48-51,53,55-58H,4-42H2,1-3H3,(H,52,54)/t43-,44-,45+,46-,48-,49-,50-,51-/m0/s1. The van der Waals surface area contributed by atoms with E-state index in [9.17, 15) is 30.3 Å². The minimum absolute atomic E-state index is 0.0981. The quantitative estimate of drug-likeness (QED) is 0.0336. The fourth-order valence-corrected chi connectivity index (χ4v) is 9.01. The van der Waals surface area contributed by atoms with Gasteiger partial charge in [0.05, 0.1) is 31.0 Å². The first-order valence-electron chi connectivity index (χ1n) is 26.0. The third-order valence-electron chi connectivity index (χ3n) is 13.3. The lowest BCUT2D eigenvalue weighted by molar-refractivity contribution is -0.175. The van der Waals surface area contributed by atoms with E-state index in [1.807, 2.05) is 0 Å². The van der Waals surface area contributed by atoms with Crippen LogP contribution in [0.4, 0.5) is 0 Å². The highest BCUT2D eigenvalue weighted by Crippen LogP contribution is 2.28. The summed E-state index contributed by atoms with van der Waals surface area (Å²) in [5.41, 5.74) is 0. The summed E-state index contributed by atoms with van der Waals surface area (Å²) in [5.74, 6) is -0.446. The average Bonchev–Trinajstić information content (AvgIpc) is 3.23. The molecule has 1 amide bonds. The van der Waals surface area contributed by atoms with Crippen LogP contribution < -0.4 is 5.32 Å². The molecule has 1 aliphatic rings. The number of aliphatic hydroxyl groups excluding tert-OH is 5. The molecule has 0 saturated heterocycles. The van der Waals surface area contributed by atoms with Gasteiger partial charge in [-0.1, -0.05) is 239 Å². The van der Waals surface area contributed by atoms with Gasteiger partial charge in [-0.2, -0.15) is 0 Å². The molecule has 0 aromatic carbocycles. The van der Waals surface area contributed by atoms with Crippen LogP contribution >= 0.6 is 0 Å². The van der Waals surface area contributed by atoms with E-state index in [4.69, 9.17) is 4.74 Å². The summed E-state index contributed by atoms with van der Waals surface area (Å²) >= 11 is 0. The normalized spacial score (nSPS) is 21.1. The maximum absolute atomic E-state index is 13.1. The Morgan fingerprint density at radius 1 is 0.508 bits per heavy atom. The monoisotopic (exact) mass is 840 g/mol. The third kappa shape index (κ3) is 30.8. The first-order valence-corrected chi connectivity index (χ1v) is 26.0. The Morgan fingerprint density at radius 2 is 0.847 bits per heavy atom. The van der Waals surface area contributed by atoms with E-state index in [1.165, 1.54) is 186 Å². The number of hydrogen-bond acceptors (Lipinski definition) is 7. The van der Waals surface area contributed by atoms with Crippen molar-refractivity contribution >= 4 is 5.91 Å². The molecule has 59 heavy (non-hydrogen) atoms. The van der Waals surface area contributed by atoms with Crippen LogP contribution in [0.2, 0.25) is 0 Å². The van der Waals surface area contributed by atoms with Crippen molar-refractivity contribution in [2.75, 3.05) is 6.61 Å². The van der Waals surface area contributed by atoms with Crippen molar-refractivity contribution in [2.45, 2.75) is 307 Å². The number of amides is 1. The van der Waals surface area contributed by atoms with Crippen LogP contribution in [0.25, 0.3) is 0 Å². The first kappa shape index (κ1) is 56.2. The number of aliphatic hydroxyl groups is 5.